The molecule has 0 aromatic carbocycles. The molecule has 1 aromatic rings. The Morgan fingerprint density at radius 2 is 2.21 bits per heavy atom. The van der Waals surface area contributed by atoms with Gasteiger partial charge in [0, 0.05) is 26.2 Å². The number of hydrogen-bond donors (Lipinski definition) is 1. The molecule has 1 aliphatic heterocycles. The maximum atomic E-state index is 11.8. The monoisotopic (exact) mass is 283 g/mol. The number of thiazole rings is 1. The molecule has 0 bridgehead atoms. The van der Waals surface area contributed by atoms with Gasteiger partial charge in [-0.3, -0.25) is 4.90 Å². The lowest BCUT2D eigenvalue weighted by Crippen LogP contribution is -2.44. The molecule has 1 aromatic heterocycles. The second kappa shape index (κ2) is 6.45. The van der Waals surface area contributed by atoms with Crippen LogP contribution in [0.1, 0.15) is 40.3 Å². The van der Waals surface area contributed by atoms with Crippen LogP contribution in [0.25, 0.3) is 0 Å². The summed E-state index contributed by atoms with van der Waals surface area (Å²) in [5.41, 5.74) is 0.778. The molecule has 1 saturated heterocycles. The van der Waals surface area contributed by atoms with Gasteiger partial charge in [0.05, 0.1) is 18.3 Å². The number of aryl methyl sites for hydroxylation is 1. The maximum Gasteiger partial charge on any atom is 0.350 e. The van der Waals surface area contributed by atoms with Crippen LogP contribution >= 0.6 is 11.3 Å². The number of nitrogens with zero attached hydrogens (tertiary/aromatic N) is 2. The molecule has 1 unspecified atom stereocenters. The second-order valence-corrected chi connectivity index (χ2v) is 5.68. The van der Waals surface area contributed by atoms with E-state index in [0.717, 1.165) is 36.9 Å². The van der Waals surface area contributed by atoms with Crippen molar-refractivity contribution in [3.05, 3.63) is 15.6 Å². The van der Waals surface area contributed by atoms with Gasteiger partial charge < -0.3 is 10.1 Å². The van der Waals surface area contributed by atoms with E-state index in [2.05, 4.69) is 22.1 Å². The van der Waals surface area contributed by atoms with Crippen molar-refractivity contribution in [1.82, 2.24) is 15.2 Å². The number of hydrogen-bond acceptors (Lipinski definition) is 6. The van der Waals surface area contributed by atoms with Gasteiger partial charge in [-0.15, -0.1) is 11.3 Å². The van der Waals surface area contributed by atoms with E-state index in [0.29, 0.717) is 11.5 Å². The van der Waals surface area contributed by atoms with Crippen LogP contribution in [-0.2, 0) is 4.74 Å². The van der Waals surface area contributed by atoms with Crippen molar-refractivity contribution in [2.24, 2.45) is 0 Å². The van der Waals surface area contributed by atoms with E-state index >= 15 is 0 Å². The molecular formula is C13H21N3O2S. The minimum atomic E-state index is -0.253. The highest BCUT2D eigenvalue weighted by Gasteiger charge is 2.24. The van der Waals surface area contributed by atoms with Gasteiger partial charge in [0.1, 0.15) is 9.88 Å². The summed E-state index contributed by atoms with van der Waals surface area (Å²) in [6, 6.07) is 0.258. The summed E-state index contributed by atoms with van der Waals surface area (Å²) in [6.07, 6.45) is 0. The van der Waals surface area contributed by atoms with Crippen molar-refractivity contribution in [3.63, 3.8) is 0 Å². The molecule has 1 atom stereocenters. The molecule has 1 fully saturated rings. The molecule has 0 saturated carbocycles. The second-order valence-electron chi connectivity index (χ2n) is 4.65. The minimum Gasteiger partial charge on any atom is -0.462 e. The fraction of sp³-hybridized carbons (Fsp3) is 0.692. The number of rotatable bonds is 4. The van der Waals surface area contributed by atoms with E-state index in [1.54, 1.807) is 0 Å². The van der Waals surface area contributed by atoms with Crippen LogP contribution in [0.5, 0.6) is 0 Å². The number of piperazine rings is 1. The van der Waals surface area contributed by atoms with Crippen LogP contribution in [0.2, 0.25) is 0 Å². The van der Waals surface area contributed by atoms with Gasteiger partial charge in [0.15, 0.2) is 0 Å². The zero-order valence-corrected chi connectivity index (χ0v) is 12.5. The third kappa shape index (κ3) is 3.32. The van der Waals surface area contributed by atoms with Crippen LogP contribution in [0.3, 0.4) is 0 Å². The highest BCUT2D eigenvalue weighted by molar-refractivity contribution is 7.13. The standard InChI is InChI=1S/C13H21N3O2S/c1-4-18-13(17)11-9(2)15-12(19-11)10(3)16-7-5-14-6-8-16/h10,14H,4-8H2,1-3H3. The molecule has 2 rings (SSSR count). The highest BCUT2D eigenvalue weighted by Crippen LogP contribution is 2.28. The maximum absolute atomic E-state index is 11.8. The third-order valence-electron chi connectivity index (χ3n) is 3.33. The Labute approximate surface area is 118 Å². The molecule has 0 radical (unpaired) electrons. The van der Waals surface area contributed by atoms with Gasteiger partial charge in [-0.25, -0.2) is 9.78 Å². The molecule has 2 heterocycles. The number of carbonyl (C=O) groups is 1. The Balaban J connectivity index is 2.12. The lowest BCUT2D eigenvalue weighted by Gasteiger charge is -2.31. The number of aromatic nitrogens is 1. The summed E-state index contributed by atoms with van der Waals surface area (Å²) in [7, 11) is 0. The molecule has 1 N–H and O–H groups in total. The van der Waals surface area contributed by atoms with E-state index in [9.17, 15) is 4.79 Å². The Hall–Kier alpha value is -0.980. The van der Waals surface area contributed by atoms with Gasteiger partial charge in [0.2, 0.25) is 0 Å². The molecular weight excluding hydrogens is 262 g/mol. The molecule has 106 valence electrons. The van der Waals surface area contributed by atoms with E-state index in [-0.39, 0.29) is 12.0 Å². The smallest absolute Gasteiger partial charge is 0.350 e. The van der Waals surface area contributed by atoms with Crippen LogP contribution < -0.4 is 5.32 Å². The van der Waals surface area contributed by atoms with Crippen molar-refractivity contribution in [3.8, 4) is 0 Å². The first-order chi connectivity index (χ1) is 9.13. The summed E-state index contributed by atoms with van der Waals surface area (Å²) < 4.78 is 5.06. The lowest BCUT2D eigenvalue weighted by atomic mass is 10.2. The van der Waals surface area contributed by atoms with Crippen LogP contribution in [0.15, 0.2) is 0 Å². The third-order valence-corrected chi connectivity index (χ3v) is 4.64. The molecule has 1 aliphatic rings. The first-order valence-electron chi connectivity index (χ1n) is 6.72. The molecule has 6 heteroatoms. The summed E-state index contributed by atoms with van der Waals surface area (Å²) >= 11 is 1.46. The predicted octanol–water partition coefficient (Wildman–Crippen LogP) is 1.59. The van der Waals surface area contributed by atoms with Crippen molar-refractivity contribution >= 4 is 17.3 Å². The van der Waals surface area contributed by atoms with E-state index < -0.39 is 0 Å². The zero-order chi connectivity index (χ0) is 13.8. The number of ether oxygens (including phenoxy) is 1. The predicted molar refractivity (Wildman–Crippen MR) is 75.7 cm³/mol. The fourth-order valence-electron chi connectivity index (χ4n) is 2.21. The number of nitrogens with one attached hydrogen (secondary N) is 1. The molecule has 19 heavy (non-hydrogen) atoms. The average molecular weight is 283 g/mol. The molecule has 5 nitrogen and oxygen atoms in total. The van der Waals surface area contributed by atoms with Gasteiger partial charge in [-0.2, -0.15) is 0 Å². The van der Waals surface area contributed by atoms with Gasteiger partial charge in [-0.1, -0.05) is 0 Å². The van der Waals surface area contributed by atoms with E-state index in [4.69, 9.17) is 4.74 Å². The van der Waals surface area contributed by atoms with Crippen LogP contribution in [-0.4, -0.2) is 48.6 Å². The van der Waals surface area contributed by atoms with Gasteiger partial charge in [0.25, 0.3) is 0 Å². The zero-order valence-electron chi connectivity index (χ0n) is 11.7. The van der Waals surface area contributed by atoms with Crippen LogP contribution in [0, 0.1) is 6.92 Å². The Morgan fingerprint density at radius 1 is 1.53 bits per heavy atom. The fourth-order valence-corrected chi connectivity index (χ4v) is 3.25. The van der Waals surface area contributed by atoms with Gasteiger partial charge in [-0.05, 0) is 20.8 Å². The Bertz CT molecular complexity index is 441. The highest BCUT2D eigenvalue weighted by atomic mass is 32.1. The Morgan fingerprint density at radius 3 is 2.84 bits per heavy atom. The quantitative estimate of drug-likeness (QED) is 0.851. The molecule has 0 aliphatic carbocycles. The molecule has 0 spiro atoms. The normalized spacial score (nSPS) is 18.3. The average Bonchev–Trinajstić information content (AvgIpc) is 2.81. The SMILES string of the molecule is CCOC(=O)c1sc(C(C)N2CCNCC2)nc1C. The Kier molecular flexibility index (Phi) is 4.90. The van der Waals surface area contributed by atoms with Gasteiger partial charge >= 0.3 is 5.97 Å². The van der Waals surface area contributed by atoms with Crippen molar-refractivity contribution < 1.29 is 9.53 Å². The first kappa shape index (κ1) is 14.4. The summed E-state index contributed by atoms with van der Waals surface area (Å²) in [6.45, 7) is 10.3. The summed E-state index contributed by atoms with van der Waals surface area (Å²) in [5.74, 6) is -0.253. The lowest BCUT2D eigenvalue weighted by molar-refractivity contribution is 0.0531. The number of esters is 1. The largest absolute Gasteiger partial charge is 0.462 e. The minimum absolute atomic E-state index is 0.253. The summed E-state index contributed by atoms with van der Waals surface area (Å²) in [4.78, 5) is 19.4. The van der Waals surface area contributed by atoms with Crippen molar-refractivity contribution in [2.75, 3.05) is 32.8 Å². The van der Waals surface area contributed by atoms with E-state index in [1.165, 1.54) is 11.3 Å². The van der Waals surface area contributed by atoms with Crippen molar-refractivity contribution in [2.45, 2.75) is 26.8 Å². The van der Waals surface area contributed by atoms with E-state index in [1.807, 2.05) is 13.8 Å². The number of carbonyl (C=O) groups excluding carboxylic acids is 1. The summed E-state index contributed by atoms with van der Waals surface area (Å²) in [5, 5.41) is 4.34. The topological polar surface area (TPSA) is 54.5 Å². The molecule has 0 amide bonds. The first-order valence-corrected chi connectivity index (χ1v) is 7.54. The van der Waals surface area contributed by atoms with Crippen molar-refractivity contribution in [1.29, 1.82) is 0 Å². The van der Waals surface area contributed by atoms with Crippen LogP contribution in [0.4, 0.5) is 0 Å².